The SMILES string of the molecule is COC(=O)[C@H](Cc1cccc(I)c1)NC(=O)CCCCCNC(=O)OCc1ccccc1. The zero-order valence-corrected chi connectivity index (χ0v) is 20.3. The first-order valence-corrected chi connectivity index (χ1v) is 11.6. The van der Waals surface area contributed by atoms with Crippen LogP contribution in [-0.2, 0) is 32.1 Å². The lowest BCUT2D eigenvalue weighted by molar-refractivity contribution is -0.145. The number of hydrogen-bond acceptors (Lipinski definition) is 5. The largest absolute Gasteiger partial charge is 0.467 e. The van der Waals surface area contributed by atoms with Gasteiger partial charge in [0.25, 0.3) is 0 Å². The van der Waals surface area contributed by atoms with Gasteiger partial charge in [0.15, 0.2) is 0 Å². The number of hydrogen-bond donors (Lipinski definition) is 2. The fourth-order valence-corrected chi connectivity index (χ4v) is 3.66. The summed E-state index contributed by atoms with van der Waals surface area (Å²) in [5, 5.41) is 5.48. The molecule has 2 aromatic rings. The number of carbonyl (C=O) groups is 3. The Hall–Kier alpha value is -2.62. The van der Waals surface area contributed by atoms with E-state index >= 15 is 0 Å². The number of rotatable bonds is 12. The van der Waals surface area contributed by atoms with E-state index in [1.54, 1.807) is 0 Å². The Balaban J connectivity index is 1.61. The van der Waals surface area contributed by atoms with Gasteiger partial charge in [0, 0.05) is 23.0 Å². The smallest absolute Gasteiger partial charge is 0.407 e. The Morgan fingerprint density at radius 2 is 1.72 bits per heavy atom. The topological polar surface area (TPSA) is 93.7 Å². The number of nitrogens with one attached hydrogen (secondary N) is 2. The molecule has 172 valence electrons. The summed E-state index contributed by atoms with van der Waals surface area (Å²) in [6.45, 7) is 0.711. The number of unbranched alkanes of at least 4 members (excludes halogenated alkanes) is 2. The van der Waals surface area contributed by atoms with Crippen LogP contribution >= 0.6 is 22.6 Å². The predicted molar refractivity (Wildman–Crippen MR) is 130 cm³/mol. The Morgan fingerprint density at radius 3 is 2.44 bits per heavy atom. The molecule has 0 fully saturated rings. The van der Waals surface area contributed by atoms with Crippen LogP contribution < -0.4 is 10.6 Å². The second-order valence-corrected chi connectivity index (χ2v) is 8.52. The summed E-state index contributed by atoms with van der Waals surface area (Å²) in [5.41, 5.74) is 1.89. The molecule has 2 N–H and O–H groups in total. The highest BCUT2D eigenvalue weighted by Crippen LogP contribution is 2.11. The van der Waals surface area contributed by atoms with Crippen LogP contribution in [0.4, 0.5) is 4.79 Å². The average Bonchev–Trinajstić information content (AvgIpc) is 2.79. The maximum Gasteiger partial charge on any atom is 0.407 e. The van der Waals surface area contributed by atoms with Gasteiger partial charge >= 0.3 is 12.1 Å². The molecule has 0 unspecified atom stereocenters. The lowest BCUT2D eigenvalue weighted by Gasteiger charge is -2.17. The van der Waals surface area contributed by atoms with Crippen LogP contribution in [0.15, 0.2) is 54.6 Å². The third-order valence-corrected chi connectivity index (χ3v) is 5.38. The number of benzene rings is 2. The molecule has 1 atom stereocenters. The van der Waals surface area contributed by atoms with Crippen molar-refractivity contribution >= 4 is 40.6 Å². The van der Waals surface area contributed by atoms with E-state index in [0.29, 0.717) is 25.8 Å². The predicted octanol–water partition coefficient (Wildman–Crippen LogP) is 3.98. The molecule has 8 heteroatoms. The van der Waals surface area contributed by atoms with Gasteiger partial charge < -0.3 is 20.1 Å². The van der Waals surface area contributed by atoms with Crippen molar-refractivity contribution in [1.82, 2.24) is 10.6 Å². The molecule has 2 rings (SSSR count). The Morgan fingerprint density at radius 1 is 0.969 bits per heavy atom. The van der Waals surface area contributed by atoms with Crippen LogP contribution in [0.1, 0.15) is 36.8 Å². The second-order valence-electron chi connectivity index (χ2n) is 7.28. The van der Waals surface area contributed by atoms with E-state index in [9.17, 15) is 14.4 Å². The number of amides is 2. The summed E-state index contributed by atoms with van der Waals surface area (Å²) >= 11 is 2.21. The Kier molecular flexibility index (Phi) is 11.6. The Bertz CT molecular complexity index is 876. The van der Waals surface area contributed by atoms with Crippen molar-refractivity contribution in [3.63, 3.8) is 0 Å². The van der Waals surface area contributed by atoms with E-state index < -0.39 is 18.1 Å². The van der Waals surface area contributed by atoms with E-state index in [0.717, 1.165) is 27.5 Å². The van der Waals surface area contributed by atoms with E-state index in [2.05, 4.69) is 33.2 Å². The first-order chi connectivity index (χ1) is 15.5. The number of esters is 1. The van der Waals surface area contributed by atoms with Gasteiger partial charge in [0.05, 0.1) is 7.11 Å². The fraction of sp³-hybridized carbons (Fsp3) is 0.375. The standard InChI is InChI=1S/C24H29IN2O5/c1-31-23(29)21(16-19-11-8-12-20(25)15-19)27-22(28)13-6-3-7-14-26-24(30)32-17-18-9-4-2-5-10-18/h2,4-5,8-12,15,21H,3,6-7,13-14,16-17H2,1H3,(H,26,30)(H,27,28)/t21-/m0/s1. The highest BCUT2D eigenvalue weighted by molar-refractivity contribution is 14.1. The van der Waals surface area contributed by atoms with E-state index in [4.69, 9.17) is 9.47 Å². The van der Waals surface area contributed by atoms with Crippen LogP contribution in [0.2, 0.25) is 0 Å². The lowest BCUT2D eigenvalue weighted by atomic mass is 10.1. The number of methoxy groups -OCH3 is 1. The van der Waals surface area contributed by atoms with Crippen LogP contribution in [-0.4, -0.2) is 37.7 Å². The zero-order chi connectivity index (χ0) is 23.2. The van der Waals surface area contributed by atoms with Crippen molar-refractivity contribution in [3.05, 3.63) is 69.3 Å². The van der Waals surface area contributed by atoms with Crippen molar-refractivity contribution in [2.75, 3.05) is 13.7 Å². The molecule has 0 aliphatic heterocycles. The Labute approximate surface area is 202 Å². The van der Waals surface area contributed by atoms with Crippen molar-refractivity contribution < 1.29 is 23.9 Å². The molecule has 0 spiro atoms. The molecule has 0 heterocycles. The zero-order valence-electron chi connectivity index (χ0n) is 18.1. The van der Waals surface area contributed by atoms with Gasteiger partial charge in [-0.15, -0.1) is 0 Å². The molecule has 2 amide bonds. The second kappa shape index (κ2) is 14.4. The van der Waals surface area contributed by atoms with Gasteiger partial charge in [-0.1, -0.05) is 48.9 Å². The minimum Gasteiger partial charge on any atom is -0.467 e. The molecule has 0 aliphatic rings. The molecule has 0 aromatic heterocycles. The van der Waals surface area contributed by atoms with Crippen LogP contribution in [0.25, 0.3) is 0 Å². The van der Waals surface area contributed by atoms with Crippen LogP contribution in [0.5, 0.6) is 0 Å². The van der Waals surface area contributed by atoms with Gasteiger partial charge in [-0.25, -0.2) is 9.59 Å². The summed E-state index contributed by atoms with van der Waals surface area (Å²) in [7, 11) is 1.31. The minimum atomic E-state index is -0.716. The lowest BCUT2D eigenvalue weighted by Crippen LogP contribution is -2.43. The average molecular weight is 552 g/mol. The fourth-order valence-electron chi connectivity index (χ4n) is 3.05. The number of alkyl carbamates (subject to hydrolysis) is 1. The molecular formula is C24H29IN2O5. The first-order valence-electron chi connectivity index (χ1n) is 10.5. The molecule has 0 bridgehead atoms. The number of ether oxygens (including phenoxy) is 2. The highest BCUT2D eigenvalue weighted by Gasteiger charge is 2.21. The third kappa shape index (κ3) is 10.1. The van der Waals surface area contributed by atoms with Crippen LogP contribution in [0, 0.1) is 3.57 Å². The number of carbonyl (C=O) groups excluding carboxylic acids is 3. The maximum absolute atomic E-state index is 12.3. The normalized spacial score (nSPS) is 11.3. The number of halogens is 1. The molecule has 32 heavy (non-hydrogen) atoms. The first kappa shape index (κ1) is 25.6. The van der Waals surface area contributed by atoms with Crippen LogP contribution in [0.3, 0.4) is 0 Å². The van der Waals surface area contributed by atoms with Crippen molar-refractivity contribution in [2.24, 2.45) is 0 Å². The third-order valence-electron chi connectivity index (χ3n) is 4.71. The molecule has 7 nitrogen and oxygen atoms in total. The van der Waals surface area contributed by atoms with Gasteiger partial charge in [-0.3, -0.25) is 4.79 Å². The van der Waals surface area contributed by atoms with Gasteiger partial charge in [-0.2, -0.15) is 0 Å². The molecule has 2 aromatic carbocycles. The molecule has 0 aliphatic carbocycles. The van der Waals surface area contributed by atoms with Gasteiger partial charge in [0.2, 0.25) is 5.91 Å². The summed E-state index contributed by atoms with van der Waals surface area (Å²) in [4.78, 5) is 36.1. The molecule has 0 radical (unpaired) electrons. The summed E-state index contributed by atoms with van der Waals surface area (Å²) in [6.07, 6.45) is 2.39. The van der Waals surface area contributed by atoms with Gasteiger partial charge in [0.1, 0.15) is 12.6 Å². The quantitative estimate of drug-likeness (QED) is 0.236. The summed E-state index contributed by atoms with van der Waals surface area (Å²) < 4.78 is 11.0. The molecule has 0 saturated carbocycles. The van der Waals surface area contributed by atoms with Crippen molar-refractivity contribution in [1.29, 1.82) is 0 Å². The molecular weight excluding hydrogens is 523 g/mol. The minimum absolute atomic E-state index is 0.193. The maximum atomic E-state index is 12.3. The van der Waals surface area contributed by atoms with E-state index in [-0.39, 0.29) is 12.5 Å². The summed E-state index contributed by atoms with van der Waals surface area (Å²) in [5.74, 6) is -0.656. The highest BCUT2D eigenvalue weighted by atomic mass is 127. The van der Waals surface area contributed by atoms with Crippen molar-refractivity contribution in [3.8, 4) is 0 Å². The van der Waals surface area contributed by atoms with Gasteiger partial charge in [-0.05, 0) is 58.7 Å². The molecule has 0 saturated heterocycles. The monoisotopic (exact) mass is 552 g/mol. The van der Waals surface area contributed by atoms with E-state index in [1.165, 1.54) is 7.11 Å². The summed E-state index contributed by atoms with van der Waals surface area (Å²) in [6, 6.07) is 16.5. The van der Waals surface area contributed by atoms with E-state index in [1.807, 2.05) is 54.6 Å². The van der Waals surface area contributed by atoms with Crippen molar-refractivity contribution in [2.45, 2.75) is 44.8 Å².